The van der Waals surface area contributed by atoms with Crippen molar-refractivity contribution in [1.82, 2.24) is 0 Å². The van der Waals surface area contributed by atoms with E-state index in [0.717, 1.165) is 0 Å². The van der Waals surface area contributed by atoms with Crippen LogP contribution in [0.1, 0.15) is 12.8 Å². The van der Waals surface area contributed by atoms with Crippen molar-refractivity contribution < 1.29 is 14.3 Å². The summed E-state index contributed by atoms with van der Waals surface area (Å²) in [5.74, 6) is -0.180. The summed E-state index contributed by atoms with van der Waals surface area (Å²) in [6.45, 7) is 0. The highest BCUT2D eigenvalue weighted by Gasteiger charge is 2.19. The minimum Gasteiger partial charge on any atom is -0.458 e. The maximum Gasteiger partial charge on any atom is 0.306 e. The molecule has 3 heteroatoms. The number of ether oxygens (including phenoxy) is 1. The van der Waals surface area contributed by atoms with Crippen molar-refractivity contribution in [2.24, 2.45) is 0 Å². The summed E-state index contributed by atoms with van der Waals surface area (Å²) in [6.07, 6.45) is 4.61. The zero-order chi connectivity index (χ0) is 7.40. The van der Waals surface area contributed by atoms with E-state index in [1.165, 1.54) is 6.08 Å². The van der Waals surface area contributed by atoms with Crippen LogP contribution in [0, 0.1) is 0 Å². The number of hydrogen-bond donors (Lipinski definition) is 0. The molecular formula is C7H8O3. The maximum absolute atomic E-state index is 10.5. The van der Waals surface area contributed by atoms with Gasteiger partial charge in [0.15, 0.2) is 0 Å². The van der Waals surface area contributed by atoms with Crippen molar-refractivity contribution in [3.8, 4) is 0 Å². The van der Waals surface area contributed by atoms with Crippen molar-refractivity contribution in [3.63, 3.8) is 0 Å². The number of esters is 1. The highest BCUT2D eigenvalue weighted by molar-refractivity contribution is 5.72. The van der Waals surface area contributed by atoms with Crippen LogP contribution < -0.4 is 0 Å². The smallest absolute Gasteiger partial charge is 0.306 e. The Morgan fingerprint density at radius 1 is 1.60 bits per heavy atom. The lowest BCUT2D eigenvalue weighted by Crippen LogP contribution is -2.01. The second kappa shape index (κ2) is 3.15. The third kappa shape index (κ3) is 1.69. The Kier molecular flexibility index (Phi) is 2.20. The first kappa shape index (κ1) is 6.99. The number of hydrogen-bond acceptors (Lipinski definition) is 3. The number of rotatable bonds is 2. The van der Waals surface area contributed by atoms with Gasteiger partial charge >= 0.3 is 5.97 Å². The van der Waals surface area contributed by atoms with Gasteiger partial charge in [-0.1, -0.05) is 0 Å². The van der Waals surface area contributed by atoms with Crippen molar-refractivity contribution in [2.75, 3.05) is 0 Å². The van der Waals surface area contributed by atoms with Crippen LogP contribution in [0.4, 0.5) is 0 Å². The molecule has 1 aliphatic heterocycles. The van der Waals surface area contributed by atoms with Crippen LogP contribution >= 0.6 is 0 Å². The lowest BCUT2D eigenvalue weighted by atomic mass is 10.2. The van der Waals surface area contributed by atoms with Crippen LogP contribution in [0.3, 0.4) is 0 Å². The van der Waals surface area contributed by atoms with Gasteiger partial charge in [0.25, 0.3) is 0 Å². The van der Waals surface area contributed by atoms with Crippen molar-refractivity contribution >= 4 is 12.3 Å². The van der Waals surface area contributed by atoms with E-state index in [4.69, 9.17) is 4.74 Å². The van der Waals surface area contributed by atoms with Crippen molar-refractivity contribution in [3.05, 3.63) is 12.2 Å². The Labute approximate surface area is 58.7 Å². The van der Waals surface area contributed by atoms with Gasteiger partial charge in [-0.25, -0.2) is 0 Å². The molecule has 0 aromatic heterocycles. The Balaban J connectivity index is 2.37. The van der Waals surface area contributed by atoms with Crippen molar-refractivity contribution in [1.29, 1.82) is 0 Å². The predicted octanol–water partition coefficient (Wildman–Crippen LogP) is 0.447. The van der Waals surface area contributed by atoms with Gasteiger partial charge in [0.2, 0.25) is 0 Å². The molecule has 54 valence electrons. The first-order chi connectivity index (χ1) is 4.83. The zero-order valence-corrected chi connectivity index (χ0v) is 5.45. The molecule has 1 unspecified atom stereocenters. The fraction of sp³-hybridized carbons (Fsp3) is 0.429. The molecule has 1 aliphatic rings. The third-order valence-corrected chi connectivity index (χ3v) is 1.32. The second-order valence-electron chi connectivity index (χ2n) is 2.09. The summed E-state index contributed by atoms with van der Waals surface area (Å²) < 4.78 is 4.78. The van der Waals surface area contributed by atoms with Crippen LogP contribution in [0.25, 0.3) is 0 Å². The van der Waals surface area contributed by atoms with E-state index < -0.39 is 0 Å². The number of cyclic esters (lactones) is 1. The summed E-state index contributed by atoms with van der Waals surface area (Å²) >= 11 is 0. The number of carbonyl (C=O) groups is 2. The monoisotopic (exact) mass is 140 g/mol. The minimum absolute atomic E-state index is 0.169. The molecule has 1 fully saturated rings. The average Bonchev–Trinajstić information content (AvgIpc) is 2.31. The van der Waals surface area contributed by atoms with Gasteiger partial charge in [0.05, 0.1) is 0 Å². The van der Waals surface area contributed by atoms with Gasteiger partial charge in [-0.05, 0) is 18.6 Å². The lowest BCUT2D eigenvalue weighted by Gasteiger charge is -1.98. The summed E-state index contributed by atoms with van der Waals surface area (Å²) in [5.41, 5.74) is 0. The largest absolute Gasteiger partial charge is 0.458 e. The van der Waals surface area contributed by atoms with Gasteiger partial charge < -0.3 is 4.74 Å². The van der Waals surface area contributed by atoms with Gasteiger partial charge in [-0.15, -0.1) is 0 Å². The summed E-state index contributed by atoms with van der Waals surface area (Å²) in [4.78, 5) is 20.3. The van der Waals surface area contributed by atoms with Gasteiger partial charge in [0, 0.05) is 6.42 Å². The predicted molar refractivity (Wildman–Crippen MR) is 34.3 cm³/mol. The van der Waals surface area contributed by atoms with Crippen LogP contribution in [0.5, 0.6) is 0 Å². The minimum atomic E-state index is -0.180. The molecule has 1 atom stereocenters. The average molecular weight is 140 g/mol. The fourth-order valence-electron chi connectivity index (χ4n) is 0.852. The normalized spacial score (nSPS) is 25.2. The number of carbonyl (C=O) groups excluding carboxylic acids is 2. The zero-order valence-electron chi connectivity index (χ0n) is 5.45. The fourth-order valence-corrected chi connectivity index (χ4v) is 0.852. The third-order valence-electron chi connectivity index (χ3n) is 1.32. The van der Waals surface area contributed by atoms with Crippen LogP contribution in [-0.2, 0) is 14.3 Å². The van der Waals surface area contributed by atoms with E-state index in [1.54, 1.807) is 6.08 Å². The topological polar surface area (TPSA) is 43.4 Å². The van der Waals surface area contributed by atoms with Crippen LogP contribution in [0.15, 0.2) is 12.2 Å². The molecule has 0 amide bonds. The molecular weight excluding hydrogens is 132 g/mol. The molecule has 0 radical (unpaired) electrons. The van der Waals surface area contributed by atoms with E-state index in [9.17, 15) is 9.59 Å². The standard InChI is InChI=1S/C7H8O3/c8-5-1-2-6-3-4-7(9)10-6/h1-2,5-6H,3-4H2/b2-1+. The molecule has 0 spiro atoms. The number of aldehydes is 1. The van der Waals surface area contributed by atoms with Crippen molar-refractivity contribution in [2.45, 2.75) is 18.9 Å². The van der Waals surface area contributed by atoms with Gasteiger partial charge in [-0.3, -0.25) is 9.59 Å². The summed E-state index contributed by atoms with van der Waals surface area (Å²) in [7, 11) is 0. The molecule has 0 bridgehead atoms. The Morgan fingerprint density at radius 3 is 2.90 bits per heavy atom. The van der Waals surface area contributed by atoms with Gasteiger partial charge in [0.1, 0.15) is 12.4 Å². The molecule has 3 nitrogen and oxygen atoms in total. The van der Waals surface area contributed by atoms with E-state index >= 15 is 0 Å². The molecule has 0 saturated carbocycles. The number of allylic oxidation sites excluding steroid dienone is 1. The first-order valence-electron chi connectivity index (χ1n) is 3.14. The molecule has 1 heterocycles. The molecule has 10 heavy (non-hydrogen) atoms. The Bertz CT molecular complexity index is 172. The maximum atomic E-state index is 10.5. The van der Waals surface area contributed by atoms with E-state index in [0.29, 0.717) is 19.1 Å². The first-order valence-corrected chi connectivity index (χ1v) is 3.14. The SMILES string of the molecule is O=C/C=C/C1CCC(=O)O1. The van der Waals surface area contributed by atoms with Gasteiger partial charge in [-0.2, -0.15) is 0 Å². The quantitative estimate of drug-likeness (QED) is 0.317. The molecule has 0 aliphatic carbocycles. The molecule has 1 saturated heterocycles. The second-order valence-corrected chi connectivity index (χ2v) is 2.09. The molecule has 0 aromatic rings. The summed E-state index contributed by atoms with van der Waals surface area (Å²) in [5, 5.41) is 0. The van der Waals surface area contributed by atoms with E-state index in [2.05, 4.69) is 0 Å². The highest BCUT2D eigenvalue weighted by Crippen LogP contribution is 2.13. The Morgan fingerprint density at radius 2 is 2.40 bits per heavy atom. The molecule has 0 aromatic carbocycles. The van der Waals surface area contributed by atoms with E-state index in [1.807, 2.05) is 0 Å². The van der Waals surface area contributed by atoms with E-state index in [-0.39, 0.29) is 12.1 Å². The Hall–Kier alpha value is -1.12. The highest BCUT2D eigenvalue weighted by atomic mass is 16.5. The lowest BCUT2D eigenvalue weighted by molar-refractivity contribution is -0.140. The summed E-state index contributed by atoms with van der Waals surface area (Å²) in [6, 6.07) is 0. The molecule has 1 rings (SSSR count). The van der Waals surface area contributed by atoms with Crippen LogP contribution in [0.2, 0.25) is 0 Å². The molecule has 0 N–H and O–H groups in total. The van der Waals surface area contributed by atoms with Crippen LogP contribution in [-0.4, -0.2) is 18.4 Å².